The summed E-state index contributed by atoms with van der Waals surface area (Å²) in [5, 5.41) is 3.94. The fourth-order valence-electron chi connectivity index (χ4n) is 5.14. The van der Waals surface area contributed by atoms with E-state index in [0.717, 1.165) is 5.57 Å². The van der Waals surface area contributed by atoms with Crippen molar-refractivity contribution in [2.45, 2.75) is 72.9 Å². The number of amides is 2. The predicted molar refractivity (Wildman–Crippen MR) is 140 cm³/mol. The molecular weight excluding hydrogens is 561 g/mol. The fraction of sp³-hybridized carbons (Fsp3) is 0.483. The first kappa shape index (κ1) is 30.8. The molecule has 4 rings (SSSR count). The lowest BCUT2D eigenvalue weighted by Gasteiger charge is -2.30. The third-order valence-electron chi connectivity index (χ3n) is 6.72. The number of carbonyl (C=O) groups is 4. The molecule has 42 heavy (non-hydrogen) atoms. The Hall–Kier alpha value is -4.16. The number of aromatic nitrogens is 1. The number of hydroxylamine groups is 2. The molecule has 226 valence electrons. The van der Waals surface area contributed by atoms with Crippen LogP contribution in [0.4, 0.5) is 13.2 Å². The van der Waals surface area contributed by atoms with Crippen molar-refractivity contribution in [2.75, 3.05) is 6.61 Å². The molecule has 2 aliphatic heterocycles. The molecule has 13 heteroatoms. The first-order valence-corrected chi connectivity index (χ1v) is 13.3. The molecule has 1 saturated heterocycles. The van der Waals surface area contributed by atoms with Crippen LogP contribution >= 0.6 is 0 Å². The molecule has 0 spiro atoms. The van der Waals surface area contributed by atoms with Crippen molar-refractivity contribution in [1.82, 2.24) is 10.2 Å². The minimum Gasteiger partial charge on any atom is -0.492 e. The van der Waals surface area contributed by atoms with Crippen molar-refractivity contribution in [3.05, 3.63) is 41.2 Å². The van der Waals surface area contributed by atoms with Crippen LogP contribution in [0.1, 0.15) is 78.0 Å². The molecule has 0 bridgehead atoms. The van der Waals surface area contributed by atoms with Crippen molar-refractivity contribution in [1.29, 1.82) is 0 Å². The van der Waals surface area contributed by atoms with E-state index in [4.69, 9.17) is 14.3 Å². The van der Waals surface area contributed by atoms with Crippen LogP contribution in [0.15, 0.2) is 34.4 Å². The fourth-order valence-corrected chi connectivity index (χ4v) is 5.14. The molecule has 3 heterocycles. The van der Waals surface area contributed by atoms with Gasteiger partial charge in [0.25, 0.3) is 11.8 Å². The van der Waals surface area contributed by atoms with E-state index in [1.165, 1.54) is 12.1 Å². The monoisotopic (exact) mass is 592 g/mol. The Balaban J connectivity index is 1.57. The van der Waals surface area contributed by atoms with Gasteiger partial charge < -0.3 is 18.8 Å². The van der Waals surface area contributed by atoms with E-state index in [1.54, 1.807) is 6.07 Å². The van der Waals surface area contributed by atoms with Gasteiger partial charge in [-0.15, -0.1) is 5.06 Å². The third kappa shape index (κ3) is 6.66. The lowest BCUT2D eigenvalue weighted by molar-refractivity contribution is -0.197. The van der Waals surface area contributed by atoms with Crippen LogP contribution in [0.2, 0.25) is 0 Å². The maximum absolute atomic E-state index is 13.2. The number of rotatable bonds is 8. The Labute approximate surface area is 239 Å². The average molecular weight is 593 g/mol. The number of nitrogens with zero attached hydrogens (tertiary/aromatic N) is 2. The van der Waals surface area contributed by atoms with Gasteiger partial charge in [0.2, 0.25) is 5.76 Å². The summed E-state index contributed by atoms with van der Waals surface area (Å²) < 4.78 is 55.6. The number of benzene rings is 1. The lowest BCUT2D eigenvalue weighted by Crippen LogP contribution is -2.32. The van der Waals surface area contributed by atoms with Gasteiger partial charge in [0, 0.05) is 48.3 Å². The van der Waals surface area contributed by atoms with Crippen LogP contribution < -0.4 is 4.74 Å². The standard InChI is InChI=1S/C29H31F3N2O8/c1-27(2,3)26-25(39-15-28(26,4)5)16-9-10-17(18-14-20(41-33-18)29(30,31)32)19(13-16)40-23(37)7-6-8-24(38)42-34-21(35)11-12-22(34)36/h9-10,13-14H,6-8,11-12,15H2,1-5H3. The number of hydrogen-bond donors (Lipinski definition) is 0. The SMILES string of the molecule is CC(C)(C)C1=C(c2ccc(-c3cc(C(F)(F)F)on3)c(OC(=O)CCCC(=O)ON3C(=O)CCC3=O)c2)OCC1(C)C. The van der Waals surface area contributed by atoms with E-state index >= 15 is 0 Å². The van der Waals surface area contributed by atoms with Crippen LogP contribution in [0.5, 0.6) is 5.75 Å². The van der Waals surface area contributed by atoms with Crippen LogP contribution in [0, 0.1) is 10.8 Å². The average Bonchev–Trinajstić information content (AvgIpc) is 3.57. The predicted octanol–water partition coefficient (Wildman–Crippen LogP) is 5.86. The Morgan fingerprint density at radius 2 is 1.67 bits per heavy atom. The largest absolute Gasteiger partial charge is 0.492 e. The Morgan fingerprint density at radius 3 is 2.26 bits per heavy atom. The summed E-state index contributed by atoms with van der Waals surface area (Å²) in [7, 11) is 0. The Kier molecular flexibility index (Phi) is 8.25. The number of ether oxygens (including phenoxy) is 2. The number of carbonyl (C=O) groups excluding carboxylic acids is 4. The van der Waals surface area contributed by atoms with E-state index in [1.807, 2.05) is 34.6 Å². The first-order chi connectivity index (χ1) is 19.5. The summed E-state index contributed by atoms with van der Waals surface area (Å²) >= 11 is 0. The quantitative estimate of drug-likeness (QED) is 0.211. The highest BCUT2D eigenvalue weighted by Crippen LogP contribution is 2.50. The summed E-state index contributed by atoms with van der Waals surface area (Å²) in [5.74, 6) is -3.72. The lowest BCUT2D eigenvalue weighted by atomic mass is 9.71. The van der Waals surface area contributed by atoms with Crippen molar-refractivity contribution in [3.8, 4) is 17.0 Å². The van der Waals surface area contributed by atoms with Gasteiger partial charge >= 0.3 is 18.1 Å². The highest BCUT2D eigenvalue weighted by Gasteiger charge is 2.42. The second-order valence-electron chi connectivity index (χ2n) is 11.8. The molecule has 0 atom stereocenters. The molecular formula is C29H31F3N2O8. The van der Waals surface area contributed by atoms with E-state index in [-0.39, 0.29) is 59.9 Å². The number of hydrogen-bond acceptors (Lipinski definition) is 9. The zero-order valence-electron chi connectivity index (χ0n) is 23.8. The smallest absolute Gasteiger partial charge is 0.452 e. The van der Waals surface area contributed by atoms with Crippen LogP contribution in [-0.4, -0.2) is 40.6 Å². The van der Waals surface area contributed by atoms with Gasteiger partial charge in [-0.25, -0.2) is 4.79 Å². The molecule has 2 aromatic rings. The van der Waals surface area contributed by atoms with Gasteiger partial charge in [-0.05, 0) is 29.5 Å². The van der Waals surface area contributed by atoms with Crippen LogP contribution in [0.3, 0.4) is 0 Å². The highest BCUT2D eigenvalue weighted by atomic mass is 19.4. The second-order valence-corrected chi connectivity index (χ2v) is 11.8. The molecule has 0 N–H and O–H groups in total. The van der Waals surface area contributed by atoms with Gasteiger partial charge in [0.1, 0.15) is 17.2 Å². The van der Waals surface area contributed by atoms with Crippen molar-refractivity contribution in [2.24, 2.45) is 10.8 Å². The van der Waals surface area contributed by atoms with Crippen molar-refractivity contribution < 1.29 is 51.2 Å². The molecule has 0 radical (unpaired) electrons. The summed E-state index contributed by atoms with van der Waals surface area (Å²) in [5.41, 5.74) is 0.881. The highest BCUT2D eigenvalue weighted by molar-refractivity contribution is 6.01. The van der Waals surface area contributed by atoms with Gasteiger partial charge in [-0.2, -0.15) is 13.2 Å². The summed E-state index contributed by atoms with van der Waals surface area (Å²) in [6, 6.07) is 5.32. The molecule has 2 aliphatic rings. The molecule has 2 amide bonds. The number of esters is 1. The molecule has 0 unspecified atom stereocenters. The minimum absolute atomic E-state index is 0.0400. The zero-order valence-corrected chi connectivity index (χ0v) is 23.8. The zero-order chi connectivity index (χ0) is 31.0. The summed E-state index contributed by atoms with van der Waals surface area (Å²) in [4.78, 5) is 52.9. The molecule has 1 aromatic heterocycles. The topological polar surface area (TPSA) is 125 Å². The molecule has 0 saturated carbocycles. The van der Waals surface area contributed by atoms with Crippen molar-refractivity contribution in [3.63, 3.8) is 0 Å². The van der Waals surface area contributed by atoms with Crippen LogP contribution in [-0.2, 0) is 34.9 Å². The van der Waals surface area contributed by atoms with Gasteiger partial charge in [0.05, 0.1) is 6.61 Å². The third-order valence-corrected chi connectivity index (χ3v) is 6.72. The number of imide groups is 1. The molecule has 10 nitrogen and oxygen atoms in total. The maximum Gasteiger partial charge on any atom is 0.452 e. The molecule has 1 aromatic carbocycles. The van der Waals surface area contributed by atoms with Crippen LogP contribution in [0.25, 0.3) is 17.0 Å². The van der Waals surface area contributed by atoms with Crippen molar-refractivity contribution >= 4 is 29.5 Å². The minimum atomic E-state index is -4.77. The molecule has 0 aliphatic carbocycles. The Bertz CT molecular complexity index is 1430. The van der Waals surface area contributed by atoms with Gasteiger partial charge in [-0.3, -0.25) is 14.4 Å². The van der Waals surface area contributed by atoms with E-state index in [9.17, 15) is 32.3 Å². The molecule has 1 fully saturated rings. The normalized spacial score (nSPS) is 17.1. The van der Waals surface area contributed by atoms with Gasteiger partial charge in [-0.1, -0.05) is 45.8 Å². The van der Waals surface area contributed by atoms with E-state index in [0.29, 0.717) is 29.1 Å². The number of halogens is 3. The van der Waals surface area contributed by atoms with Gasteiger partial charge in [0.15, 0.2) is 0 Å². The summed E-state index contributed by atoms with van der Waals surface area (Å²) in [6.07, 6.45) is -5.47. The maximum atomic E-state index is 13.2. The van der Waals surface area contributed by atoms with E-state index in [2.05, 4.69) is 9.68 Å². The summed E-state index contributed by atoms with van der Waals surface area (Å²) in [6.45, 7) is 10.6. The Morgan fingerprint density at radius 1 is 1.02 bits per heavy atom. The van der Waals surface area contributed by atoms with E-state index < -0.39 is 35.7 Å². The second kappa shape index (κ2) is 11.3. The number of alkyl halides is 3. The first-order valence-electron chi connectivity index (χ1n) is 13.3.